The third-order valence-electron chi connectivity index (χ3n) is 3.39. The third-order valence-corrected chi connectivity index (χ3v) is 4.69. The Bertz CT molecular complexity index is 847. The third kappa shape index (κ3) is 3.13. The molecule has 0 saturated heterocycles. The summed E-state index contributed by atoms with van der Waals surface area (Å²) in [4.78, 5) is 5.65. The maximum Gasteiger partial charge on any atom is 0.208 e. The molecule has 3 aromatic rings. The Morgan fingerprint density at radius 3 is 2.59 bits per heavy atom. The van der Waals surface area contributed by atoms with Gasteiger partial charge in [-0.05, 0) is 30.2 Å². The van der Waals surface area contributed by atoms with Crippen LogP contribution in [0.15, 0.2) is 53.5 Å². The zero-order valence-electron chi connectivity index (χ0n) is 12.5. The molecular formula is C17H16ClN3S. The van der Waals surface area contributed by atoms with Gasteiger partial charge in [0.1, 0.15) is 5.01 Å². The van der Waals surface area contributed by atoms with Crippen LogP contribution in [0.3, 0.4) is 0 Å². The van der Waals surface area contributed by atoms with Crippen molar-refractivity contribution in [3.63, 3.8) is 0 Å². The number of benzene rings is 2. The van der Waals surface area contributed by atoms with Gasteiger partial charge in [-0.15, -0.1) is 0 Å². The summed E-state index contributed by atoms with van der Waals surface area (Å²) in [6, 6.07) is 15.9. The highest BCUT2D eigenvalue weighted by Gasteiger charge is 2.06. The van der Waals surface area contributed by atoms with Gasteiger partial charge in [0.05, 0.1) is 5.69 Å². The van der Waals surface area contributed by atoms with Crippen LogP contribution in [0.4, 0.5) is 5.69 Å². The highest BCUT2D eigenvalue weighted by atomic mass is 35.5. The van der Waals surface area contributed by atoms with Crippen molar-refractivity contribution >= 4 is 28.6 Å². The minimum Gasteiger partial charge on any atom is -0.241 e. The van der Waals surface area contributed by atoms with E-state index in [0.717, 1.165) is 32.5 Å². The van der Waals surface area contributed by atoms with Gasteiger partial charge >= 0.3 is 0 Å². The van der Waals surface area contributed by atoms with Gasteiger partial charge in [0.2, 0.25) is 4.80 Å². The molecule has 3 rings (SSSR count). The summed E-state index contributed by atoms with van der Waals surface area (Å²) < 4.78 is 1.82. The van der Waals surface area contributed by atoms with Crippen molar-refractivity contribution in [2.75, 3.05) is 0 Å². The van der Waals surface area contributed by atoms with Crippen molar-refractivity contribution < 1.29 is 0 Å². The molecule has 0 radical (unpaired) electrons. The lowest BCUT2D eigenvalue weighted by molar-refractivity contribution is 0.732. The molecule has 22 heavy (non-hydrogen) atoms. The maximum absolute atomic E-state index is 5.94. The molecule has 0 aliphatic heterocycles. The molecule has 0 N–H and O–H groups in total. The molecule has 0 aliphatic rings. The van der Waals surface area contributed by atoms with E-state index in [0.29, 0.717) is 0 Å². The second-order valence-electron chi connectivity index (χ2n) is 4.91. The van der Waals surface area contributed by atoms with Crippen LogP contribution >= 0.6 is 22.9 Å². The summed E-state index contributed by atoms with van der Waals surface area (Å²) in [6.45, 7) is 2.14. The predicted octanol–water partition coefficient (Wildman–Crippen LogP) is 4.60. The van der Waals surface area contributed by atoms with Crippen molar-refractivity contribution in [1.29, 1.82) is 0 Å². The van der Waals surface area contributed by atoms with Crippen LogP contribution in [0.5, 0.6) is 0 Å². The molecule has 0 bridgehead atoms. The topological polar surface area (TPSA) is 30.2 Å². The molecule has 2 aromatic carbocycles. The lowest BCUT2D eigenvalue weighted by Crippen LogP contribution is -2.11. The summed E-state index contributed by atoms with van der Waals surface area (Å²) in [5, 5.41) is 6.23. The van der Waals surface area contributed by atoms with Gasteiger partial charge in [-0.1, -0.05) is 60.2 Å². The Hall–Kier alpha value is -1.91. The fourth-order valence-corrected chi connectivity index (χ4v) is 3.21. The van der Waals surface area contributed by atoms with E-state index in [1.54, 1.807) is 11.3 Å². The summed E-state index contributed by atoms with van der Waals surface area (Å²) in [5.74, 6) is 0. The Morgan fingerprint density at radius 1 is 1.14 bits per heavy atom. The first-order valence-electron chi connectivity index (χ1n) is 7.10. The fourth-order valence-electron chi connectivity index (χ4n) is 2.18. The summed E-state index contributed by atoms with van der Waals surface area (Å²) in [5.41, 5.74) is 3.30. The summed E-state index contributed by atoms with van der Waals surface area (Å²) >= 11 is 7.51. The SMILES string of the molecule is CCc1ccccc1N=c1sc(-c2ccc(Cl)cc2)nn1C. The second kappa shape index (κ2) is 6.46. The summed E-state index contributed by atoms with van der Waals surface area (Å²) in [7, 11) is 1.92. The molecule has 1 aromatic heterocycles. The number of aromatic nitrogens is 2. The van der Waals surface area contributed by atoms with Crippen molar-refractivity contribution in [3.05, 3.63) is 63.9 Å². The van der Waals surface area contributed by atoms with E-state index in [4.69, 9.17) is 16.6 Å². The highest BCUT2D eigenvalue weighted by Crippen LogP contribution is 2.22. The molecule has 3 nitrogen and oxygen atoms in total. The molecule has 1 heterocycles. The monoisotopic (exact) mass is 329 g/mol. The van der Waals surface area contributed by atoms with Crippen LogP contribution in [-0.4, -0.2) is 9.78 Å². The largest absolute Gasteiger partial charge is 0.241 e. The molecule has 0 unspecified atom stereocenters. The quantitative estimate of drug-likeness (QED) is 0.690. The van der Waals surface area contributed by atoms with E-state index in [2.05, 4.69) is 18.1 Å². The van der Waals surface area contributed by atoms with Crippen LogP contribution in [-0.2, 0) is 13.5 Å². The molecular weight excluding hydrogens is 314 g/mol. The molecule has 5 heteroatoms. The van der Waals surface area contributed by atoms with E-state index in [-0.39, 0.29) is 0 Å². The van der Waals surface area contributed by atoms with E-state index >= 15 is 0 Å². The number of aryl methyl sites for hydroxylation is 2. The van der Waals surface area contributed by atoms with E-state index in [1.165, 1.54) is 5.56 Å². The fraction of sp³-hybridized carbons (Fsp3) is 0.176. The number of hydrogen-bond acceptors (Lipinski definition) is 3. The predicted molar refractivity (Wildman–Crippen MR) is 92.6 cm³/mol. The van der Waals surface area contributed by atoms with Gasteiger partial charge in [0, 0.05) is 17.6 Å². The Labute approximate surface area is 138 Å². The first-order valence-corrected chi connectivity index (χ1v) is 8.29. The second-order valence-corrected chi connectivity index (χ2v) is 6.31. The van der Waals surface area contributed by atoms with Gasteiger partial charge < -0.3 is 0 Å². The Morgan fingerprint density at radius 2 is 1.86 bits per heavy atom. The number of para-hydroxylation sites is 1. The van der Waals surface area contributed by atoms with Gasteiger partial charge in [0.15, 0.2) is 0 Å². The molecule has 0 spiro atoms. The molecule has 0 aliphatic carbocycles. The lowest BCUT2D eigenvalue weighted by Gasteiger charge is -2.00. The van der Waals surface area contributed by atoms with E-state index in [1.807, 2.05) is 54.2 Å². The molecule has 0 saturated carbocycles. The molecule has 112 valence electrons. The standard InChI is InChI=1S/C17H16ClN3S/c1-3-12-6-4-5-7-15(12)19-17-21(2)20-16(22-17)13-8-10-14(18)11-9-13/h4-11H,3H2,1-2H3. The van der Waals surface area contributed by atoms with Gasteiger partial charge in [-0.3, -0.25) is 0 Å². The van der Waals surface area contributed by atoms with Crippen molar-refractivity contribution in [1.82, 2.24) is 9.78 Å². The number of rotatable bonds is 3. The number of halogens is 1. The van der Waals surface area contributed by atoms with Gasteiger partial charge in [-0.25, -0.2) is 9.67 Å². The lowest BCUT2D eigenvalue weighted by atomic mass is 10.1. The molecule has 0 atom stereocenters. The smallest absolute Gasteiger partial charge is 0.208 e. The zero-order valence-corrected chi connectivity index (χ0v) is 14.0. The van der Waals surface area contributed by atoms with Crippen molar-refractivity contribution in [2.45, 2.75) is 13.3 Å². The minimum atomic E-state index is 0.728. The van der Waals surface area contributed by atoms with Gasteiger partial charge in [0.25, 0.3) is 0 Å². The Balaban J connectivity index is 2.05. The first-order chi connectivity index (χ1) is 10.7. The Kier molecular flexibility index (Phi) is 4.41. The number of hydrogen-bond donors (Lipinski definition) is 0. The highest BCUT2D eigenvalue weighted by molar-refractivity contribution is 7.12. The van der Waals surface area contributed by atoms with Crippen LogP contribution < -0.4 is 4.80 Å². The van der Waals surface area contributed by atoms with E-state index in [9.17, 15) is 0 Å². The minimum absolute atomic E-state index is 0.728. The normalized spacial score (nSPS) is 11.9. The number of nitrogens with zero attached hydrogens (tertiary/aromatic N) is 3. The first kappa shape index (κ1) is 15.0. The molecule has 0 amide bonds. The molecule has 0 fully saturated rings. The van der Waals surface area contributed by atoms with Crippen LogP contribution in [0.2, 0.25) is 5.02 Å². The van der Waals surface area contributed by atoms with Crippen molar-refractivity contribution in [2.24, 2.45) is 12.0 Å². The van der Waals surface area contributed by atoms with E-state index < -0.39 is 0 Å². The summed E-state index contributed by atoms with van der Waals surface area (Å²) in [6.07, 6.45) is 0.965. The average molecular weight is 330 g/mol. The van der Waals surface area contributed by atoms with Crippen LogP contribution in [0.1, 0.15) is 12.5 Å². The van der Waals surface area contributed by atoms with Crippen LogP contribution in [0.25, 0.3) is 10.6 Å². The van der Waals surface area contributed by atoms with Crippen LogP contribution in [0, 0.1) is 0 Å². The van der Waals surface area contributed by atoms with Crippen molar-refractivity contribution in [3.8, 4) is 10.6 Å². The maximum atomic E-state index is 5.94. The van der Waals surface area contributed by atoms with Gasteiger partial charge in [-0.2, -0.15) is 5.10 Å². The average Bonchev–Trinajstić information content (AvgIpc) is 2.89. The zero-order chi connectivity index (χ0) is 15.5.